The van der Waals surface area contributed by atoms with E-state index in [1.165, 1.54) is 0 Å². The van der Waals surface area contributed by atoms with E-state index in [1.807, 2.05) is 18.2 Å². The minimum Gasteiger partial charge on any atom is -0.294 e. The molecule has 2 atom stereocenters. The second-order valence-corrected chi connectivity index (χ2v) is 5.46. The summed E-state index contributed by atoms with van der Waals surface area (Å²) in [6, 6.07) is 5.77. The van der Waals surface area contributed by atoms with Crippen LogP contribution in [0.3, 0.4) is 0 Å². The Kier molecular flexibility index (Phi) is 2.81. The Balaban J connectivity index is 2.10. The number of carbonyl (C=O) groups is 2. The normalized spacial score (nSPS) is 26.7. The Morgan fingerprint density at radius 1 is 1.00 bits per heavy atom. The van der Waals surface area contributed by atoms with Gasteiger partial charge in [0.1, 0.15) is 0 Å². The molecule has 0 radical (unpaired) electrons. The Bertz CT molecular complexity index is 516. The highest BCUT2D eigenvalue weighted by atomic mass is 16.1. The molecule has 0 heterocycles. The van der Waals surface area contributed by atoms with E-state index in [0.717, 1.165) is 37.7 Å². The van der Waals surface area contributed by atoms with Gasteiger partial charge < -0.3 is 0 Å². The Morgan fingerprint density at radius 2 is 1.61 bits per heavy atom. The number of rotatable bonds is 1. The largest absolute Gasteiger partial charge is 0.294 e. The van der Waals surface area contributed by atoms with Crippen molar-refractivity contribution >= 4 is 11.6 Å². The number of Topliss-reactive ketones (excluding diaryl/α,β-unsaturated/α-hetero) is 2. The van der Waals surface area contributed by atoms with Crippen LogP contribution in [0.1, 0.15) is 58.9 Å². The maximum Gasteiger partial charge on any atom is 0.167 e. The first-order valence-electron chi connectivity index (χ1n) is 6.93. The van der Waals surface area contributed by atoms with Crippen LogP contribution in [0.15, 0.2) is 18.2 Å². The van der Waals surface area contributed by atoms with Crippen molar-refractivity contribution in [2.75, 3.05) is 0 Å². The van der Waals surface area contributed by atoms with Gasteiger partial charge in [0.2, 0.25) is 0 Å². The van der Waals surface area contributed by atoms with Gasteiger partial charge in [-0.3, -0.25) is 9.59 Å². The third-order valence-electron chi connectivity index (χ3n) is 4.46. The molecular weight excluding hydrogens is 224 g/mol. The molecule has 2 aliphatic carbocycles. The summed E-state index contributed by atoms with van der Waals surface area (Å²) in [7, 11) is 0. The third-order valence-corrected chi connectivity index (χ3v) is 4.46. The molecule has 0 aliphatic heterocycles. The molecule has 1 aromatic carbocycles. The van der Waals surface area contributed by atoms with Crippen LogP contribution in [0.5, 0.6) is 0 Å². The number of hydrogen-bond donors (Lipinski definition) is 0. The topological polar surface area (TPSA) is 34.1 Å². The van der Waals surface area contributed by atoms with Crippen molar-refractivity contribution in [2.45, 2.75) is 39.0 Å². The quantitative estimate of drug-likeness (QED) is 0.756. The van der Waals surface area contributed by atoms with Crippen molar-refractivity contribution < 1.29 is 9.59 Å². The molecule has 0 spiro atoms. The molecule has 1 fully saturated rings. The molecule has 0 amide bonds. The monoisotopic (exact) mass is 242 g/mol. The molecule has 0 bridgehead atoms. The number of benzene rings is 1. The molecule has 3 rings (SSSR count). The number of hydrogen-bond acceptors (Lipinski definition) is 2. The molecule has 2 aliphatic rings. The highest BCUT2D eigenvalue weighted by Crippen LogP contribution is 2.39. The third kappa shape index (κ3) is 1.63. The standard InChI is InChI=1S/C16H18O2/c1-2-10-7-8-13-14(9-10)16(18)12-6-4-3-5-11(12)15(13)17/h7-9,11-12H,2-6H2,1H3. The van der Waals surface area contributed by atoms with Crippen LogP contribution in [-0.2, 0) is 6.42 Å². The lowest BCUT2D eigenvalue weighted by Gasteiger charge is -2.34. The lowest BCUT2D eigenvalue weighted by atomic mass is 9.67. The summed E-state index contributed by atoms with van der Waals surface area (Å²) < 4.78 is 0. The number of ketones is 2. The van der Waals surface area contributed by atoms with E-state index in [1.54, 1.807) is 0 Å². The van der Waals surface area contributed by atoms with E-state index >= 15 is 0 Å². The molecule has 0 saturated heterocycles. The summed E-state index contributed by atoms with van der Waals surface area (Å²) in [5, 5.41) is 0. The van der Waals surface area contributed by atoms with Crippen LogP contribution in [0.2, 0.25) is 0 Å². The molecule has 0 N–H and O–H groups in total. The fourth-order valence-corrected chi connectivity index (χ4v) is 3.39. The van der Waals surface area contributed by atoms with Gasteiger partial charge in [0.05, 0.1) is 0 Å². The van der Waals surface area contributed by atoms with Crippen molar-refractivity contribution in [3.63, 3.8) is 0 Å². The van der Waals surface area contributed by atoms with Gasteiger partial charge in [-0.05, 0) is 30.9 Å². The van der Waals surface area contributed by atoms with Gasteiger partial charge in [-0.2, -0.15) is 0 Å². The molecule has 1 saturated carbocycles. The SMILES string of the molecule is CCc1ccc2c(c1)C(=O)C1CCCCC1C2=O. The molecule has 18 heavy (non-hydrogen) atoms. The van der Waals surface area contributed by atoms with Crippen molar-refractivity contribution in [3.8, 4) is 0 Å². The molecule has 2 heteroatoms. The fourth-order valence-electron chi connectivity index (χ4n) is 3.39. The van der Waals surface area contributed by atoms with Crippen LogP contribution < -0.4 is 0 Å². The van der Waals surface area contributed by atoms with Crippen molar-refractivity contribution in [1.82, 2.24) is 0 Å². The van der Waals surface area contributed by atoms with Gasteiger partial charge >= 0.3 is 0 Å². The molecular formula is C16H18O2. The Labute approximate surface area is 107 Å². The van der Waals surface area contributed by atoms with Gasteiger partial charge in [0.15, 0.2) is 11.6 Å². The van der Waals surface area contributed by atoms with E-state index in [0.29, 0.717) is 11.1 Å². The van der Waals surface area contributed by atoms with Crippen molar-refractivity contribution in [2.24, 2.45) is 11.8 Å². The predicted molar refractivity (Wildman–Crippen MR) is 69.9 cm³/mol. The zero-order valence-corrected chi connectivity index (χ0v) is 10.7. The average Bonchev–Trinajstić information content (AvgIpc) is 2.44. The second-order valence-electron chi connectivity index (χ2n) is 5.46. The second kappa shape index (κ2) is 4.34. The Morgan fingerprint density at radius 3 is 2.22 bits per heavy atom. The minimum atomic E-state index is -0.0362. The van der Waals surface area contributed by atoms with Crippen LogP contribution in [0.25, 0.3) is 0 Å². The van der Waals surface area contributed by atoms with Gasteiger partial charge in [0.25, 0.3) is 0 Å². The zero-order chi connectivity index (χ0) is 12.7. The smallest absolute Gasteiger partial charge is 0.167 e. The van der Waals surface area contributed by atoms with Crippen LogP contribution in [-0.4, -0.2) is 11.6 Å². The number of aryl methyl sites for hydroxylation is 1. The van der Waals surface area contributed by atoms with Crippen LogP contribution >= 0.6 is 0 Å². The molecule has 2 unspecified atom stereocenters. The minimum absolute atomic E-state index is 0.0359. The summed E-state index contributed by atoms with van der Waals surface area (Å²) in [4.78, 5) is 25.0. The summed E-state index contributed by atoms with van der Waals surface area (Å²) in [5.41, 5.74) is 2.49. The number of carbonyl (C=O) groups excluding carboxylic acids is 2. The Hall–Kier alpha value is -1.44. The summed E-state index contributed by atoms with van der Waals surface area (Å²) >= 11 is 0. The zero-order valence-electron chi connectivity index (χ0n) is 10.7. The summed E-state index contributed by atoms with van der Waals surface area (Å²) in [6.45, 7) is 2.07. The van der Waals surface area contributed by atoms with Crippen LogP contribution in [0, 0.1) is 11.8 Å². The molecule has 1 aromatic rings. The maximum absolute atomic E-state index is 12.5. The van der Waals surface area contributed by atoms with Crippen LogP contribution in [0.4, 0.5) is 0 Å². The first kappa shape index (κ1) is 11.6. The van der Waals surface area contributed by atoms with Gasteiger partial charge in [0, 0.05) is 23.0 Å². The summed E-state index contributed by atoms with van der Waals surface area (Å²) in [6.07, 6.45) is 4.86. The summed E-state index contributed by atoms with van der Waals surface area (Å²) in [5.74, 6) is 0.346. The highest BCUT2D eigenvalue weighted by molar-refractivity contribution is 6.16. The van der Waals surface area contributed by atoms with Crippen molar-refractivity contribution in [3.05, 3.63) is 34.9 Å². The lowest BCUT2D eigenvalue weighted by Crippen LogP contribution is -2.38. The van der Waals surface area contributed by atoms with Gasteiger partial charge in [-0.15, -0.1) is 0 Å². The highest BCUT2D eigenvalue weighted by Gasteiger charge is 2.42. The first-order chi connectivity index (χ1) is 8.72. The predicted octanol–water partition coefficient (Wildman–Crippen LogP) is 3.43. The molecule has 0 aromatic heterocycles. The van der Waals surface area contributed by atoms with E-state index in [-0.39, 0.29) is 23.4 Å². The van der Waals surface area contributed by atoms with E-state index in [9.17, 15) is 9.59 Å². The first-order valence-corrected chi connectivity index (χ1v) is 6.93. The van der Waals surface area contributed by atoms with Crippen molar-refractivity contribution in [1.29, 1.82) is 0 Å². The molecule has 94 valence electrons. The average molecular weight is 242 g/mol. The number of fused-ring (bicyclic) bond motifs is 2. The lowest BCUT2D eigenvalue weighted by molar-refractivity contribution is 0.0677. The van der Waals surface area contributed by atoms with Gasteiger partial charge in [-0.25, -0.2) is 0 Å². The van der Waals surface area contributed by atoms with E-state index < -0.39 is 0 Å². The van der Waals surface area contributed by atoms with Gasteiger partial charge in [-0.1, -0.05) is 31.9 Å². The maximum atomic E-state index is 12.5. The van der Waals surface area contributed by atoms with E-state index in [2.05, 4.69) is 6.92 Å². The molecule has 2 nitrogen and oxygen atoms in total. The fraction of sp³-hybridized carbons (Fsp3) is 0.500. The van der Waals surface area contributed by atoms with E-state index in [4.69, 9.17) is 0 Å².